The average molecular weight is 289 g/mol. The summed E-state index contributed by atoms with van der Waals surface area (Å²) in [6.07, 6.45) is 6.81. The minimum absolute atomic E-state index is 0.500. The van der Waals surface area contributed by atoms with Gasteiger partial charge in [-0.3, -0.25) is 4.90 Å². The molecular formula is C21H23N. The second-order valence-corrected chi connectivity index (χ2v) is 7.18. The Labute approximate surface area is 133 Å². The van der Waals surface area contributed by atoms with Crippen LogP contribution in [0, 0.1) is 0 Å². The van der Waals surface area contributed by atoms with Gasteiger partial charge < -0.3 is 0 Å². The first-order chi connectivity index (χ1) is 10.9. The largest absolute Gasteiger partial charge is 0.288 e. The summed E-state index contributed by atoms with van der Waals surface area (Å²) in [7, 11) is 0. The van der Waals surface area contributed by atoms with Crippen molar-refractivity contribution in [1.29, 1.82) is 0 Å². The fraction of sp³-hybridized carbons (Fsp3) is 0.429. The molecule has 112 valence electrons. The van der Waals surface area contributed by atoms with Crippen LogP contribution in [0.15, 0.2) is 48.5 Å². The van der Waals surface area contributed by atoms with Gasteiger partial charge in [0.1, 0.15) is 0 Å². The first-order valence-corrected chi connectivity index (χ1v) is 8.86. The summed E-state index contributed by atoms with van der Waals surface area (Å²) in [5.74, 6) is 0.770. The van der Waals surface area contributed by atoms with Gasteiger partial charge >= 0.3 is 0 Å². The lowest BCUT2D eigenvalue weighted by Gasteiger charge is -2.52. The molecule has 2 heterocycles. The van der Waals surface area contributed by atoms with Crippen LogP contribution in [0.25, 0.3) is 0 Å². The van der Waals surface area contributed by atoms with E-state index in [1.807, 2.05) is 0 Å². The predicted octanol–water partition coefficient (Wildman–Crippen LogP) is 4.67. The van der Waals surface area contributed by atoms with Gasteiger partial charge in [0.05, 0.1) is 6.04 Å². The van der Waals surface area contributed by atoms with E-state index in [1.54, 1.807) is 22.3 Å². The van der Waals surface area contributed by atoms with Crippen molar-refractivity contribution in [3.8, 4) is 0 Å². The molecule has 1 nitrogen and oxygen atoms in total. The van der Waals surface area contributed by atoms with Gasteiger partial charge in [-0.15, -0.1) is 0 Å². The molecule has 0 bridgehead atoms. The summed E-state index contributed by atoms with van der Waals surface area (Å²) in [5.41, 5.74) is 6.35. The van der Waals surface area contributed by atoms with Crippen molar-refractivity contribution in [2.24, 2.45) is 0 Å². The summed E-state index contributed by atoms with van der Waals surface area (Å²) in [6.45, 7) is 1.23. The molecule has 1 aliphatic carbocycles. The van der Waals surface area contributed by atoms with Gasteiger partial charge in [-0.05, 0) is 47.4 Å². The molecule has 3 aliphatic rings. The maximum absolute atomic E-state index is 2.84. The van der Waals surface area contributed by atoms with Crippen LogP contribution in [0.2, 0.25) is 0 Å². The maximum atomic E-state index is 2.84. The van der Waals surface area contributed by atoms with E-state index in [1.165, 1.54) is 38.6 Å². The molecule has 0 aromatic heterocycles. The normalized spacial score (nSPS) is 29.9. The Morgan fingerprint density at radius 1 is 0.773 bits per heavy atom. The van der Waals surface area contributed by atoms with Crippen molar-refractivity contribution in [2.45, 2.75) is 50.1 Å². The SMILES string of the molecule is c1ccc2c(c1)CCN1[C@@H]2c2ccccc2[C@H]2CCCC[C@@H]21. The molecule has 0 radical (unpaired) electrons. The molecule has 22 heavy (non-hydrogen) atoms. The Bertz CT molecular complexity index is 705. The molecule has 2 aromatic rings. The van der Waals surface area contributed by atoms with Crippen LogP contribution in [0.1, 0.15) is 59.9 Å². The minimum atomic E-state index is 0.500. The first kappa shape index (κ1) is 12.9. The fourth-order valence-corrected chi connectivity index (χ4v) is 5.26. The predicted molar refractivity (Wildman–Crippen MR) is 90.1 cm³/mol. The van der Waals surface area contributed by atoms with Crippen molar-refractivity contribution >= 4 is 0 Å². The molecule has 2 aliphatic heterocycles. The number of nitrogens with zero attached hydrogens (tertiary/aromatic N) is 1. The van der Waals surface area contributed by atoms with E-state index in [2.05, 4.69) is 53.4 Å². The molecule has 0 saturated heterocycles. The summed E-state index contributed by atoms with van der Waals surface area (Å²) in [4.78, 5) is 2.84. The van der Waals surface area contributed by atoms with E-state index in [0.29, 0.717) is 6.04 Å². The third-order valence-corrected chi connectivity index (χ3v) is 6.17. The minimum Gasteiger partial charge on any atom is -0.288 e. The molecule has 3 atom stereocenters. The van der Waals surface area contributed by atoms with Crippen LogP contribution in [0.3, 0.4) is 0 Å². The van der Waals surface area contributed by atoms with Crippen LogP contribution in [-0.2, 0) is 6.42 Å². The maximum Gasteiger partial charge on any atom is 0.0610 e. The topological polar surface area (TPSA) is 3.24 Å². The van der Waals surface area contributed by atoms with Crippen LogP contribution in [0.5, 0.6) is 0 Å². The van der Waals surface area contributed by atoms with Crippen molar-refractivity contribution in [3.05, 3.63) is 70.8 Å². The van der Waals surface area contributed by atoms with Gasteiger partial charge in [-0.1, -0.05) is 61.4 Å². The number of benzene rings is 2. The zero-order chi connectivity index (χ0) is 14.5. The van der Waals surface area contributed by atoms with Crippen molar-refractivity contribution in [1.82, 2.24) is 4.90 Å². The Kier molecular flexibility index (Phi) is 2.91. The van der Waals surface area contributed by atoms with Gasteiger partial charge in [0.15, 0.2) is 0 Å². The van der Waals surface area contributed by atoms with E-state index in [9.17, 15) is 0 Å². The molecular weight excluding hydrogens is 266 g/mol. The highest BCUT2D eigenvalue weighted by Crippen LogP contribution is 2.50. The monoisotopic (exact) mass is 289 g/mol. The van der Waals surface area contributed by atoms with Gasteiger partial charge in [0.25, 0.3) is 0 Å². The molecule has 5 rings (SSSR count). The van der Waals surface area contributed by atoms with E-state index in [-0.39, 0.29) is 0 Å². The highest BCUT2D eigenvalue weighted by Gasteiger charge is 2.43. The third kappa shape index (κ3) is 1.75. The van der Waals surface area contributed by atoms with Crippen molar-refractivity contribution in [3.63, 3.8) is 0 Å². The summed E-state index contributed by atoms with van der Waals surface area (Å²) in [6, 6.07) is 19.7. The van der Waals surface area contributed by atoms with Gasteiger partial charge in [0.2, 0.25) is 0 Å². The third-order valence-electron chi connectivity index (χ3n) is 6.17. The second kappa shape index (κ2) is 4.96. The molecule has 1 heteroatoms. The zero-order valence-electron chi connectivity index (χ0n) is 13.0. The van der Waals surface area contributed by atoms with Gasteiger partial charge in [0, 0.05) is 12.6 Å². The molecule has 2 aromatic carbocycles. The smallest absolute Gasteiger partial charge is 0.0610 e. The standard InChI is InChI=1S/C21H23N/c1-2-8-16-15(7-1)13-14-22-20-12-6-5-10-18(20)17-9-3-4-11-19(17)21(16)22/h1-4,7-9,11,18,20-21H,5-6,10,12-14H2/t18-,20+,21+/m1/s1. The average Bonchev–Trinajstić information content (AvgIpc) is 2.61. The Hall–Kier alpha value is -1.60. The molecule has 1 fully saturated rings. The number of hydrogen-bond donors (Lipinski definition) is 0. The second-order valence-electron chi connectivity index (χ2n) is 7.18. The number of fused-ring (bicyclic) bond motifs is 8. The Balaban J connectivity index is 1.72. The van der Waals surface area contributed by atoms with E-state index >= 15 is 0 Å². The molecule has 0 amide bonds. The quantitative estimate of drug-likeness (QED) is 0.681. The summed E-state index contributed by atoms with van der Waals surface area (Å²) in [5, 5.41) is 0. The van der Waals surface area contributed by atoms with Crippen LogP contribution in [-0.4, -0.2) is 17.5 Å². The Morgan fingerprint density at radius 3 is 2.41 bits per heavy atom. The van der Waals surface area contributed by atoms with E-state index in [4.69, 9.17) is 0 Å². The lowest BCUT2D eigenvalue weighted by Crippen LogP contribution is -2.50. The Morgan fingerprint density at radius 2 is 1.50 bits per heavy atom. The first-order valence-electron chi connectivity index (χ1n) is 8.86. The summed E-state index contributed by atoms with van der Waals surface area (Å²) >= 11 is 0. The van der Waals surface area contributed by atoms with Crippen LogP contribution >= 0.6 is 0 Å². The fourth-order valence-electron chi connectivity index (χ4n) is 5.26. The van der Waals surface area contributed by atoms with Crippen molar-refractivity contribution < 1.29 is 0 Å². The van der Waals surface area contributed by atoms with Crippen molar-refractivity contribution in [2.75, 3.05) is 6.54 Å². The molecule has 0 N–H and O–H groups in total. The number of rotatable bonds is 0. The zero-order valence-corrected chi connectivity index (χ0v) is 13.0. The molecule has 1 saturated carbocycles. The highest BCUT2D eigenvalue weighted by atomic mass is 15.2. The molecule has 0 unspecified atom stereocenters. The highest BCUT2D eigenvalue weighted by molar-refractivity contribution is 5.47. The number of hydrogen-bond acceptors (Lipinski definition) is 1. The van der Waals surface area contributed by atoms with E-state index < -0.39 is 0 Å². The van der Waals surface area contributed by atoms with Crippen LogP contribution in [0.4, 0.5) is 0 Å². The van der Waals surface area contributed by atoms with E-state index in [0.717, 1.165) is 12.0 Å². The molecule has 0 spiro atoms. The van der Waals surface area contributed by atoms with Gasteiger partial charge in [-0.25, -0.2) is 0 Å². The lowest BCUT2D eigenvalue weighted by molar-refractivity contribution is 0.0813. The van der Waals surface area contributed by atoms with Crippen LogP contribution < -0.4 is 0 Å². The summed E-state index contributed by atoms with van der Waals surface area (Å²) < 4.78 is 0. The van der Waals surface area contributed by atoms with Gasteiger partial charge in [-0.2, -0.15) is 0 Å². The lowest BCUT2D eigenvalue weighted by atomic mass is 9.70.